The third kappa shape index (κ3) is 10.7. The molecule has 0 saturated carbocycles. The van der Waals surface area contributed by atoms with Crippen molar-refractivity contribution in [2.24, 2.45) is 17.3 Å². The SMILES string of the molecule is C=CC/C(C)=C\C[C@H](OC(=O)C[C@H](C)C(C)(C)C(=O)C[C@@H](O[Si](C)(C)C(C)(C)C)[C@@H](C)C=C)C(C)=O. The molecule has 0 radical (unpaired) electrons. The van der Waals surface area contributed by atoms with E-state index in [-0.39, 0.29) is 47.4 Å². The zero-order valence-corrected chi connectivity index (χ0v) is 25.8. The highest BCUT2D eigenvalue weighted by molar-refractivity contribution is 6.74. The highest BCUT2D eigenvalue weighted by Gasteiger charge is 2.42. The van der Waals surface area contributed by atoms with E-state index in [1.807, 2.05) is 46.8 Å². The van der Waals surface area contributed by atoms with Gasteiger partial charge in [-0.3, -0.25) is 14.4 Å². The first-order valence-corrected chi connectivity index (χ1v) is 16.0. The topological polar surface area (TPSA) is 69.7 Å². The van der Waals surface area contributed by atoms with Crippen LogP contribution in [0.1, 0.15) is 88.0 Å². The highest BCUT2D eigenvalue weighted by atomic mass is 28.4. The number of Topliss-reactive ketones (excluding diaryl/α,β-unsaturated/α-hetero) is 2. The largest absolute Gasteiger partial charge is 0.454 e. The lowest BCUT2D eigenvalue weighted by Gasteiger charge is -2.41. The molecule has 0 amide bonds. The molecule has 0 saturated heterocycles. The van der Waals surface area contributed by atoms with Gasteiger partial charge in [0.25, 0.3) is 0 Å². The van der Waals surface area contributed by atoms with Crippen LogP contribution in [0.2, 0.25) is 18.1 Å². The Morgan fingerprint density at radius 3 is 1.97 bits per heavy atom. The summed E-state index contributed by atoms with van der Waals surface area (Å²) in [7, 11) is -2.09. The summed E-state index contributed by atoms with van der Waals surface area (Å²) in [6.45, 7) is 29.6. The van der Waals surface area contributed by atoms with Crippen LogP contribution in [-0.2, 0) is 23.5 Å². The average Bonchev–Trinajstić information content (AvgIpc) is 2.74. The Hall–Kier alpha value is -1.79. The molecule has 0 N–H and O–H groups in total. The minimum Gasteiger partial charge on any atom is -0.454 e. The quantitative estimate of drug-likeness (QED) is 0.119. The van der Waals surface area contributed by atoms with Crippen LogP contribution in [0, 0.1) is 17.3 Å². The van der Waals surface area contributed by atoms with Crippen molar-refractivity contribution in [3.8, 4) is 0 Å². The maximum Gasteiger partial charge on any atom is 0.306 e. The zero-order valence-electron chi connectivity index (χ0n) is 24.8. The normalized spacial score (nSPS) is 16.5. The fraction of sp³-hybridized carbons (Fsp3) is 0.700. The van der Waals surface area contributed by atoms with Crippen molar-refractivity contribution in [1.82, 2.24) is 0 Å². The van der Waals surface area contributed by atoms with Crippen molar-refractivity contribution in [3.05, 3.63) is 37.0 Å². The Morgan fingerprint density at radius 1 is 0.972 bits per heavy atom. The molecule has 0 aromatic heterocycles. The Labute approximate surface area is 221 Å². The first kappa shape index (κ1) is 34.2. The molecular weight excluding hydrogens is 468 g/mol. The van der Waals surface area contributed by atoms with E-state index < -0.39 is 25.8 Å². The van der Waals surface area contributed by atoms with E-state index in [1.54, 1.807) is 6.08 Å². The molecule has 0 spiro atoms. The predicted molar refractivity (Wildman–Crippen MR) is 152 cm³/mol. The molecule has 0 aromatic carbocycles. The Morgan fingerprint density at radius 2 is 1.53 bits per heavy atom. The van der Waals surface area contributed by atoms with Gasteiger partial charge in [-0.25, -0.2) is 0 Å². The number of hydrogen-bond acceptors (Lipinski definition) is 5. The second kappa shape index (κ2) is 14.2. The summed E-state index contributed by atoms with van der Waals surface area (Å²) < 4.78 is 12.2. The third-order valence-electron chi connectivity index (χ3n) is 7.89. The van der Waals surface area contributed by atoms with Crippen molar-refractivity contribution in [3.63, 3.8) is 0 Å². The molecule has 0 aliphatic carbocycles. The average molecular weight is 521 g/mol. The standard InChI is InChI=1S/C30H52O5Si/c1-14-16-21(3)17-18-25(24(6)31)34-28(33)19-23(5)30(10,11)27(32)20-26(22(4)15-2)35-36(12,13)29(7,8)9/h14-15,17,22-23,25-26H,1-2,16,18-20H2,3-13H3/b21-17-/t22-,23-,25-,26+/m0/s1. The maximum absolute atomic E-state index is 13.5. The van der Waals surface area contributed by atoms with Crippen LogP contribution in [0.15, 0.2) is 37.0 Å². The molecule has 206 valence electrons. The monoisotopic (exact) mass is 520 g/mol. The van der Waals surface area contributed by atoms with E-state index in [0.29, 0.717) is 6.42 Å². The molecule has 0 fully saturated rings. The number of rotatable bonds is 16. The van der Waals surface area contributed by atoms with Crippen LogP contribution in [0.5, 0.6) is 0 Å². The van der Waals surface area contributed by atoms with Crippen LogP contribution >= 0.6 is 0 Å². The number of hydrogen-bond donors (Lipinski definition) is 0. The van der Waals surface area contributed by atoms with Gasteiger partial charge in [-0.05, 0) is 50.2 Å². The van der Waals surface area contributed by atoms with Crippen LogP contribution in [0.3, 0.4) is 0 Å². The Balaban J connectivity index is 5.42. The minimum atomic E-state index is -2.09. The van der Waals surface area contributed by atoms with E-state index >= 15 is 0 Å². The molecule has 36 heavy (non-hydrogen) atoms. The van der Waals surface area contributed by atoms with Gasteiger partial charge in [0.1, 0.15) is 5.78 Å². The van der Waals surface area contributed by atoms with E-state index in [0.717, 1.165) is 12.0 Å². The second-order valence-electron chi connectivity index (χ2n) is 12.3. The van der Waals surface area contributed by atoms with Crippen molar-refractivity contribution < 1.29 is 23.5 Å². The summed E-state index contributed by atoms with van der Waals surface area (Å²) in [5, 5.41) is 0.0222. The third-order valence-corrected chi connectivity index (χ3v) is 12.4. The van der Waals surface area contributed by atoms with Crippen LogP contribution < -0.4 is 0 Å². The number of ether oxygens (including phenoxy) is 1. The first-order chi connectivity index (χ1) is 16.3. The van der Waals surface area contributed by atoms with Gasteiger partial charge >= 0.3 is 5.97 Å². The van der Waals surface area contributed by atoms with Crippen LogP contribution in [0.4, 0.5) is 0 Å². The molecule has 4 atom stereocenters. The van der Waals surface area contributed by atoms with Gasteiger partial charge in [0.05, 0.1) is 6.10 Å². The number of allylic oxidation sites excluding steroid dienone is 2. The fourth-order valence-corrected chi connectivity index (χ4v) is 4.80. The van der Waals surface area contributed by atoms with Gasteiger partial charge in [0.15, 0.2) is 20.2 Å². The van der Waals surface area contributed by atoms with Crippen LogP contribution in [-0.4, -0.2) is 38.1 Å². The molecule has 5 nitrogen and oxygen atoms in total. The van der Waals surface area contributed by atoms with Gasteiger partial charge in [-0.15, -0.1) is 13.2 Å². The number of carbonyl (C=O) groups is 3. The molecular formula is C30H52O5Si. The molecule has 0 aliphatic rings. The van der Waals surface area contributed by atoms with E-state index in [2.05, 4.69) is 47.0 Å². The lowest BCUT2D eigenvalue weighted by Crippen LogP contribution is -2.47. The summed E-state index contributed by atoms with van der Waals surface area (Å²) in [5.74, 6) is -0.861. The fourth-order valence-electron chi connectivity index (χ4n) is 3.39. The van der Waals surface area contributed by atoms with E-state index in [9.17, 15) is 14.4 Å². The summed E-state index contributed by atoms with van der Waals surface area (Å²) in [4.78, 5) is 38.3. The van der Waals surface area contributed by atoms with Crippen molar-refractivity contribution in [2.75, 3.05) is 0 Å². The van der Waals surface area contributed by atoms with Gasteiger partial charge in [0.2, 0.25) is 0 Å². The van der Waals surface area contributed by atoms with Crippen LogP contribution in [0.25, 0.3) is 0 Å². The highest BCUT2D eigenvalue weighted by Crippen LogP contribution is 2.40. The lowest BCUT2D eigenvalue weighted by atomic mass is 9.73. The predicted octanol–water partition coefficient (Wildman–Crippen LogP) is 7.62. The molecule has 0 heterocycles. The molecule has 6 heteroatoms. The van der Waals surface area contributed by atoms with E-state index in [1.165, 1.54) is 6.92 Å². The summed E-state index contributed by atoms with van der Waals surface area (Å²) >= 11 is 0. The first-order valence-electron chi connectivity index (χ1n) is 13.1. The number of ketones is 2. The molecule has 0 unspecified atom stereocenters. The van der Waals surface area contributed by atoms with Crippen molar-refractivity contribution in [1.29, 1.82) is 0 Å². The van der Waals surface area contributed by atoms with Crippen molar-refractivity contribution >= 4 is 25.9 Å². The Bertz CT molecular complexity index is 816. The molecule has 0 bridgehead atoms. The molecule has 0 aromatic rings. The summed E-state index contributed by atoms with van der Waals surface area (Å²) in [6, 6.07) is 0. The summed E-state index contributed by atoms with van der Waals surface area (Å²) in [6.07, 6.45) is 5.82. The lowest BCUT2D eigenvalue weighted by molar-refractivity contribution is -0.156. The molecule has 0 aliphatic heterocycles. The van der Waals surface area contributed by atoms with Gasteiger partial charge in [-0.2, -0.15) is 0 Å². The zero-order chi connectivity index (χ0) is 28.5. The second-order valence-corrected chi connectivity index (χ2v) is 17.1. The molecule has 0 rings (SSSR count). The van der Waals surface area contributed by atoms with Crippen molar-refractivity contribution in [2.45, 2.75) is 118 Å². The maximum atomic E-state index is 13.5. The van der Waals surface area contributed by atoms with Gasteiger partial charge < -0.3 is 9.16 Å². The minimum absolute atomic E-state index is 0.0214. The summed E-state index contributed by atoms with van der Waals surface area (Å²) in [5.41, 5.74) is 0.303. The smallest absolute Gasteiger partial charge is 0.306 e. The number of carbonyl (C=O) groups excluding carboxylic acids is 3. The Kier molecular flexibility index (Phi) is 13.5. The van der Waals surface area contributed by atoms with E-state index in [4.69, 9.17) is 9.16 Å². The van der Waals surface area contributed by atoms with Gasteiger partial charge in [-0.1, -0.05) is 72.3 Å². The number of esters is 1. The van der Waals surface area contributed by atoms with Gasteiger partial charge in [0, 0.05) is 24.7 Å².